The number of carboxylic acids is 1. The van der Waals surface area contributed by atoms with Gasteiger partial charge >= 0.3 is 5.97 Å². The van der Waals surface area contributed by atoms with E-state index in [1.54, 1.807) is 0 Å². The molecule has 1 aliphatic rings. The van der Waals surface area contributed by atoms with E-state index in [4.69, 9.17) is 9.63 Å². The highest BCUT2D eigenvalue weighted by Crippen LogP contribution is 2.22. The van der Waals surface area contributed by atoms with Gasteiger partial charge < -0.3 is 9.63 Å². The van der Waals surface area contributed by atoms with Gasteiger partial charge in [0.1, 0.15) is 0 Å². The van der Waals surface area contributed by atoms with E-state index in [2.05, 4.69) is 15.0 Å². The lowest BCUT2D eigenvalue weighted by Gasteiger charge is -2.30. The summed E-state index contributed by atoms with van der Waals surface area (Å²) >= 11 is 0. The van der Waals surface area contributed by atoms with Crippen molar-refractivity contribution < 1.29 is 14.4 Å². The number of nitrogens with zero attached hydrogens (tertiary/aromatic N) is 3. The number of hydrogen-bond donors (Lipinski definition) is 1. The Kier molecular flexibility index (Phi) is 4.08. The van der Waals surface area contributed by atoms with Crippen molar-refractivity contribution in [3.8, 4) is 0 Å². The minimum absolute atomic E-state index is 0.286. The minimum atomic E-state index is -0.696. The Hall–Kier alpha value is -1.43. The fourth-order valence-electron chi connectivity index (χ4n) is 2.22. The lowest BCUT2D eigenvalue weighted by atomic mass is 9.92. The predicted octanol–water partition coefficient (Wildman–Crippen LogP) is 1.15. The van der Waals surface area contributed by atoms with E-state index in [9.17, 15) is 4.79 Å². The first-order chi connectivity index (χ1) is 8.24. The zero-order valence-electron chi connectivity index (χ0n) is 9.71. The maximum absolute atomic E-state index is 10.5. The monoisotopic (exact) mass is 239 g/mol. The smallest absolute Gasteiger partial charge is 0.303 e. The van der Waals surface area contributed by atoms with Crippen LogP contribution in [-0.2, 0) is 11.3 Å². The maximum Gasteiger partial charge on any atom is 0.303 e. The Balaban J connectivity index is 1.69. The summed E-state index contributed by atoms with van der Waals surface area (Å²) < 4.78 is 4.96. The number of carboxylic acid groups (broad SMARTS) is 1. The summed E-state index contributed by atoms with van der Waals surface area (Å²) in [6.07, 6.45) is 4.61. The lowest BCUT2D eigenvalue weighted by Crippen LogP contribution is -2.33. The van der Waals surface area contributed by atoms with Crippen molar-refractivity contribution in [3.63, 3.8) is 0 Å². The number of carbonyl (C=O) groups is 1. The molecular weight excluding hydrogens is 222 g/mol. The Labute approximate surface area is 99.6 Å². The molecule has 2 heterocycles. The molecule has 0 bridgehead atoms. The molecule has 0 spiro atoms. The standard InChI is InChI=1S/C11H17N3O3/c15-11(16)2-1-9-3-5-14(6-4-9)7-10-12-8-13-17-10/h8-9H,1-7H2,(H,15,16). The van der Waals surface area contributed by atoms with Gasteiger partial charge in [0, 0.05) is 6.42 Å². The molecule has 0 aromatic carbocycles. The average molecular weight is 239 g/mol. The molecular formula is C11H17N3O3. The first kappa shape index (κ1) is 12.0. The van der Waals surface area contributed by atoms with Crippen LogP contribution in [0.15, 0.2) is 10.9 Å². The van der Waals surface area contributed by atoms with Gasteiger partial charge in [0.25, 0.3) is 0 Å². The molecule has 1 fully saturated rings. The molecule has 0 radical (unpaired) electrons. The van der Waals surface area contributed by atoms with E-state index in [0.717, 1.165) is 32.4 Å². The normalized spacial score (nSPS) is 18.4. The summed E-state index contributed by atoms with van der Waals surface area (Å²) in [4.78, 5) is 16.7. The van der Waals surface area contributed by atoms with Gasteiger partial charge in [0.15, 0.2) is 6.33 Å². The van der Waals surface area contributed by atoms with E-state index in [-0.39, 0.29) is 6.42 Å². The number of piperidine rings is 1. The van der Waals surface area contributed by atoms with E-state index in [1.165, 1.54) is 6.33 Å². The van der Waals surface area contributed by atoms with Crippen molar-refractivity contribution in [3.05, 3.63) is 12.2 Å². The van der Waals surface area contributed by atoms with Gasteiger partial charge in [0.2, 0.25) is 5.89 Å². The van der Waals surface area contributed by atoms with Gasteiger partial charge in [-0.3, -0.25) is 9.69 Å². The minimum Gasteiger partial charge on any atom is -0.481 e. The molecule has 0 aliphatic carbocycles. The summed E-state index contributed by atoms with van der Waals surface area (Å²) in [5, 5.41) is 12.2. The number of aromatic nitrogens is 2. The average Bonchev–Trinajstić information content (AvgIpc) is 2.81. The number of rotatable bonds is 5. The van der Waals surface area contributed by atoms with Crippen LogP contribution in [0.1, 0.15) is 31.6 Å². The van der Waals surface area contributed by atoms with Gasteiger partial charge in [-0.05, 0) is 38.3 Å². The SMILES string of the molecule is O=C(O)CCC1CCN(Cc2ncno2)CC1. The molecule has 1 aliphatic heterocycles. The van der Waals surface area contributed by atoms with Gasteiger partial charge in [-0.1, -0.05) is 5.16 Å². The third-order valence-corrected chi connectivity index (χ3v) is 3.24. The largest absolute Gasteiger partial charge is 0.481 e. The summed E-state index contributed by atoms with van der Waals surface area (Å²) in [5.74, 6) is 0.498. The Morgan fingerprint density at radius 3 is 2.88 bits per heavy atom. The van der Waals surface area contributed by atoms with Gasteiger partial charge in [-0.2, -0.15) is 4.98 Å². The van der Waals surface area contributed by atoms with Crippen LogP contribution in [0.3, 0.4) is 0 Å². The Bertz CT molecular complexity index is 345. The zero-order chi connectivity index (χ0) is 12.1. The Morgan fingerprint density at radius 1 is 1.53 bits per heavy atom. The molecule has 1 aromatic rings. The molecule has 0 saturated carbocycles. The van der Waals surface area contributed by atoms with Crippen LogP contribution in [0, 0.1) is 5.92 Å². The topological polar surface area (TPSA) is 79.5 Å². The summed E-state index contributed by atoms with van der Waals surface area (Å²) in [7, 11) is 0. The summed E-state index contributed by atoms with van der Waals surface area (Å²) in [6.45, 7) is 2.66. The van der Waals surface area contributed by atoms with Crippen LogP contribution < -0.4 is 0 Å². The van der Waals surface area contributed by atoms with Crippen LogP contribution in [-0.4, -0.2) is 39.2 Å². The van der Waals surface area contributed by atoms with E-state index < -0.39 is 5.97 Å². The van der Waals surface area contributed by atoms with Crippen molar-refractivity contribution >= 4 is 5.97 Å². The van der Waals surface area contributed by atoms with Crippen molar-refractivity contribution in [2.45, 2.75) is 32.2 Å². The lowest BCUT2D eigenvalue weighted by molar-refractivity contribution is -0.137. The second-order valence-electron chi connectivity index (χ2n) is 4.49. The number of hydrogen-bond acceptors (Lipinski definition) is 5. The molecule has 0 atom stereocenters. The van der Waals surface area contributed by atoms with E-state index in [1.807, 2.05) is 0 Å². The second kappa shape index (κ2) is 5.77. The van der Waals surface area contributed by atoms with Crippen LogP contribution in [0.25, 0.3) is 0 Å². The fraction of sp³-hybridized carbons (Fsp3) is 0.727. The van der Waals surface area contributed by atoms with Crippen LogP contribution in [0.4, 0.5) is 0 Å². The van der Waals surface area contributed by atoms with Gasteiger partial charge in [-0.15, -0.1) is 0 Å². The third-order valence-electron chi connectivity index (χ3n) is 3.24. The molecule has 6 heteroatoms. The highest BCUT2D eigenvalue weighted by molar-refractivity contribution is 5.66. The molecule has 6 nitrogen and oxygen atoms in total. The maximum atomic E-state index is 10.5. The molecule has 0 amide bonds. The number of aliphatic carboxylic acids is 1. The summed E-state index contributed by atoms with van der Waals surface area (Å²) in [5.41, 5.74) is 0. The summed E-state index contributed by atoms with van der Waals surface area (Å²) in [6, 6.07) is 0. The third kappa shape index (κ3) is 3.81. The number of likely N-dealkylation sites (tertiary alicyclic amines) is 1. The first-order valence-electron chi connectivity index (χ1n) is 5.93. The van der Waals surface area contributed by atoms with E-state index >= 15 is 0 Å². The van der Waals surface area contributed by atoms with Crippen molar-refractivity contribution in [2.75, 3.05) is 13.1 Å². The van der Waals surface area contributed by atoms with Crippen molar-refractivity contribution in [2.24, 2.45) is 5.92 Å². The van der Waals surface area contributed by atoms with Crippen molar-refractivity contribution in [1.29, 1.82) is 0 Å². The Morgan fingerprint density at radius 2 is 2.29 bits per heavy atom. The fourth-order valence-corrected chi connectivity index (χ4v) is 2.22. The van der Waals surface area contributed by atoms with Gasteiger partial charge in [-0.25, -0.2) is 0 Å². The van der Waals surface area contributed by atoms with Crippen LogP contribution in [0.2, 0.25) is 0 Å². The van der Waals surface area contributed by atoms with Crippen molar-refractivity contribution in [1.82, 2.24) is 15.0 Å². The predicted molar refractivity (Wildman–Crippen MR) is 59.2 cm³/mol. The molecule has 1 aromatic heterocycles. The molecule has 1 saturated heterocycles. The van der Waals surface area contributed by atoms with Gasteiger partial charge in [0.05, 0.1) is 6.54 Å². The highest BCUT2D eigenvalue weighted by atomic mass is 16.5. The molecule has 2 rings (SSSR count). The quantitative estimate of drug-likeness (QED) is 0.830. The van der Waals surface area contributed by atoms with Crippen LogP contribution in [0.5, 0.6) is 0 Å². The molecule has 0 unspecified atom stereocenters. The first-order valence-corrected chi connectivity index (χ1v) is 5.93. The zero-order valence-corrected chi connectivity index (χ0v) is 9.71. The second-order valence-corrected chi connectivity index (χ2v) is 4.49. The van der Waals surface area contributed by atoms with Crippen LogP contribution >= 0.6 is 0 Å². The van der Waals surface area contributed by atoms with E-state index in [0.29, 0.717) is 18.4 Å². The molecule has 17 heavy (non-hydrogen) atoms. The highest BCUT2D eigenvalue weighted by Gasteiger charge is 2.20. The molecule has 94 valence electrons. The molecule has 1 N–H and O–H groups in total.